The molecule has 3 N–H and O–H groups in total. The summed E-state index contributed by atoms with van der Waals surface area (Å²) in [5, 5.41) is 11.7. The van der Waals surface area contributed by atoms with Crippen molar-refractivity contribution in [3.63, 3.8) is 0 Å². The van der Waals surface area contributed by atoms with E-state index in [-0.39, 0.29) is 10.8 Å². The van der Waals surface area contributed by atoms with Crippen molar-refractivity contribution in [3.05, 3.63) is 120 Å². The highest BCUT2D eigenvalue weighted by Gasteiger charge is 2.22. The fourth-order valence-electron chi connectivity index (χ4n) is 5.11. The first-order valence-electron chi connectivity index (χ1n) is 14.3. The van der Waals surface area contributed by atoms with E-state index < -0.39 is 10.0 Å². The summed E-state index contributed by atoms with van der Waals surface area (Å²) in [6, 6.07) is 31.3. The number of fused-ring (bicyclic) bond motifs is 1. The second kappa shape index (κ2) is 13.1. The zero-order valence-corrected chi connectivity index (χ0v) is 24.7. The summed E-state index contributed by atoms with van der Waals surface area (Å²) >= 11 is 0. The van der Waals surface area contributed by atoms with Gasteiger partial charge in [0.25, 0.3) is 10.0 Å². The summed E-state index contributed by atoms with van der Waals surface area (Å²) in [6.45, 7) is 7.40. The minimum absolute atomic E-state index is 0.0791. The first kappa shape index (κ1) is 29.1. The zero-order valence-electron chi connectivity index (χ0n) is 23.9. The smallest absolute Gasteiger partial charge is 0.261 e. The lowest BCUT2D eigenvalue weighted by Gasteiger charge is -2.21. The molecule has 216 valence electrons. The van der Waals surface area contributed by atoms with Gasteiger partial charge in [0.1, 0.15) is 0 Å². The van der Waals surface area contributed by atoms with E-state index in [1.54, 1.807) is 36.4 Å². The standard InChI is InChI=1S/C34H36N4O3S/c1-3-21-38(22-4-2)24-25-15-17-27(18-16-25)35-33(26-11-7-5-8-12-26)32-30-23-29(19-20-31(30)36-34(32)39)42(40,41)37-28-13-9-6-10-14-28/h5-20,23,36-37,39H,3-4,21-22,24H2,1-2H3. The van der Waals surface area contributed by atoms with Gasteiger partial charge in [-0.05, 0) is 74.0 Å². The Bertz CT molecular complexity index is 1760. The van der Waals surface area contributed by atoms with Crippen LogP contribution in [0, 0.1) is 0 Å². The number of sulfonamides is 1. The van der Waals surface area contributed by atoms with Crippen molar-refractivity contribution in [1.82, 2.24) is 9.88 Å². The molecule has 42 heavy (non-hydrogen) atoms. The summed E-state index contributed by atoms with van der Waals surface area (Å²) in [5.74, 6) is -0.0791. The maximum atomic E-state index is 13.3. The SMILES string of the molecule is CCCN(CCC)Cc1ccc(N=C(c2ccccc2)c2c(O)[nH]c3ccc(S(=O)(=O)Nc4ccccc4)cc23)cc1. The molecule has 0 saturated heterocycles. The molecule has 0 atom stereocenters. The van der Waals surface area contributed by atoms with Crippen LogP contribution in [0.15, 0.2) is 113 Å². The third kappa shape index (κ3) is 6.73. The quantitative estimate of drug-likeness (QED) is 0.133. The van der Waals surface area contributed by atoms with Crippen molar-refractivity contribution in [2.75, 3.05) is 17.8 Å². The van der Waals surface area contributed by atoms with Crippen LogP contribution in [0.3, 0.4) is 0 Å². The number of aromatic nitrogens is 1. The fraction of sp³-hybridized carbons (Fsp3) is 0.206. The molecule has 8 heteroatoms. The van der Waals surface area contributed by atoms with Crippen LogP contribution in [0.25, 0.3) is 10.9 Å². The molecular weight excluding hydrogens is 544 g/mol. The number of aromatic hydroxyl groups is 1. The molecular formula is C34H36N4O3S. The van der Waals surface area contributed by atoms with Crippen molar-refractivity contribution in [2.24, 2.45) is 4.99 Å². The number of nitrogens with one attached hydrogen (secondary N) is 2. The normalized spacial score (nSPS) is 12.2. The lowest BCUT2D eigenvalue weighted by Crippen LogP contribution is -2.24. The third-order valence-electron chi connectivity index (χ3n) is 7.03. The van der Waals surface area contributed by atoms with Crippen LogP contribution in [-0.2, 0) is 16.6 Å². The Hall–Kier alpha value is -4.40. The van der Waals surface area contributed by atoms with Gasteiger partial charge in [-0.1, -0.05) is 74.5 Å². The Morgan fingerprint density at radius 2 is 1.50 bits per heavy atom. The van der Waals surface area contributed by atoms with Gasteiger partial charge in [0, 0.05) is 28.7 Å². The van der Waals surface area contributed by atoms with E-state index in [4.69, 9.17) is 4.99 Å². The van der Waals surface area contributed by atoms with Crippen LogP contribution < -0.4 is 4.72 Å². The van der Waals surface area contributed by atoms with E-state index >= 15 is 0 Å². The molecule has 0 aliphatic heterocycles. The number of nitrogens with zero attached hydrogens (tertiary/aromatic N) is 2. The molecule has 0 aliphatic carbocycles. The second-order valence-corrected chi connectivity index (χ2v) is 12.0. The number of H-pyrrole nitrogens is 1. The molecule has 0 radical (unpaired) electrons. The number of aliphatic imine (C=N–C) groups is 1. The van der Waals surface area contributed by atoms with Crippen LogP contribution in [-0.4, -0.2) is 42.2 Å². The summed E-state index contributed by atoms with van der Waals surface area (Å²) in [6.07, 6.45) is 2.23. The number of rotatable bonds is 12. The van der Waals surface area contributed by atoms with Gasteiger partial charge in [-0.2, -0.15) is 0 Å². The molecule has 4 aromatic carbocycles. The average molecular weight is 581 g/mol. The van der Waals surface area contributed by atoms with Gasteiger partial charge in [-0.3, -0.25) is 9.62 Å². The van der Waals surface area contributed by atoms with Crippen molar-refractivity contribution < 1.29 is 13.5 Å². The largest absolute Gasteiger partial charge is 0.494 e. The maximum Gasteiger partial charge on any atom is 0.261 e. The highest BCUT2D eigenvalue weighted by molar-refractivity contribution is 7.92. The van der Waals surface area contributed by atoms with Crippen LogP contribution >= 0.6 is 0 Å². The van der Waals surface area contributed by atoms with E-state index in [9.17, 15) is 13.5 Å². The van der Waals surface area contributed by atoms with Gasteiger partial charge in [-0.15, -0.1) is 0 Å². The van der Waals surface area contributed by atoms with Crippen LogP contribution in [0.4, 0.5) is 11.4 Å². The van der Waals surface area contributed by atoms with E-state index in [2.05, 4.69) is 40.6 Å². The van der Waals surface area contributed by atoms with E-state index in [0.717, 1.165) is 43.7 Å². The molecule has 0 spiro atoms. The van der Waals surface area contributed by atoms with Crippen molar-refractivity contribution in [2.45, 2.75) is 38.1 Å². The Morgan fingerprint density at radius 1 is 0.857 bits per heavy atom. The van der Waals surface area contributed by atoms with Gasteiger partial charge in [0.2, 0.25) is 0 Å². The third-order valence-corrected chi connectivity index (χ3v) is 8.41. The Kier molecular flexibility index (Phi) is 9.05. The minimum Gasteiger partial charge on any atom is -0.494 e. The number of para-hydroxylation sites is 1. The highest BCUT2D eigenvalue weighted by atomic mass is 32.2. The van der Waals surface area contributed by atoms with E-state index in [1.807, 2.05) is 48.5 Å². The Morgan fingerprint density at radius 3 is 2.14 bits per heavy atom. The summed E-state index contributed by atoms with van der Waals surface area (Å²) < 4.78 is 29.2. The number of hydrogen-bond donors (Lipinski definition) is 3. The molecule has 0 bridgehead atoms. The molecule has 0 fully saturated rings. The molecule has 7 nitrogen and oxygen atoms in total. The average Bonchev–Trinajstić information content (AvgIpc) is 3.32. The predicted molar refractivity (Wildman–Crippen MR) is 171 cm³/mol. The molecule has 0 unspecified atom stereocenters. The Balaban J connectivity index is 1.55. The lowest BCUT2D eigenvalue weighted by atomic mass is 10.0. The first-order valence-corrected chi connectivity index (χ1v) is 15.7. The second-order valence-electron chi connectivity index (χ2n) is 10.3. The van der Waals surface area contributed by atoms with E-state index in [0.29, 0.717) is 27.9 Å². The lowest BCUT2D eigenvalue weighted by molar-refractivity contribution is 0.266. The first-order chi connectivity index (χ1) is 20.4. The monoisotopic (exact) mass is 580 g/mol. The fourth-order valence-corrected chi connectivity index (χ4v) is 6.19. The molecule has 1 heterocycles. The van der Waals surface area contributed by atoms with Crippen molar-refractivity contribution in [3.8, 4) is 5.88 Å². The number of aromatic amines is 1. The number of hydrogen-bond acceptors (Lipinski definition) is 5. The number of anilines is 1. The summed E-state index contributed by atoms with van der Waals surface area (Å²) in [7, 11) is -3.87. The molecule has 1 aromatic heterocycles. The van der Waals surface area contributed by atoms with Crippen molar-refractivity contribution in [1.29, 1.82) is 0 Å². The van der Waals surface area contributed by atoms with Crippen LogP contribution in [0.5, 0.6) is 5.88 Å². The minimum atomic E-state index is -3.87. The molecule has 5 rings (SSSR count). The van der Waals surface area contributed by atoms with Gasteiger partial charge < -0.3 is 10.1 Å². The highest BCUT2D eigenvalue weighted by Crippen LogP contribution is 2.33. The Labute approximate surface area is 247 Å². The van der Waals surface area contributed by atoms with Gasteiger partial charge >= 0.3 is 0 Å². The van der Waals surface area contributed by atoms with Crippen molar-refractivity contribution >= 4 is 38.0 Å². The van der Waals surface area contributed by atoms with Crippen LogP contribution in [0.1, 0.15) is 43.4 Å². The zero-order chi connectivity index (χ0) is 29.5. The molecule has 0 saturated carbocycles. The van der Waals surface area contributed by atoms with Crippen LogP contribution in [0.2, 0.25) is 0 Å². The molecule has 0 aliphatic rings. The number of benzene rings is 4. The van der Waals surface area contributed by atoms with Gasteiger partial charge in [0.15, 0.2) is 5.88 Å². The molecule has 0 amide bonds. The van der Waals surface area contributed by atoms with Gasteiger partial charge in [0.05, 0.1) is 21.9 Å². The van der Waals surface area contributed by atoms with Gasteiger partial charge in [-0.25, -0.2) is 13.4 Å². The topological polar surface area (TPSA) is 97.8 Å². The maximum absolute atomic E-state index is 13.3. The summed E-state index contributed by atoms with van der Waals surface area (Å²) in [4.78, 5) is 10.5. The van der Waals surface area contributed by atoms with E-state index in [1.165, 1.54) is 11.6 Å². The molecule has 5 aromatic rings. The summed E-state index contributed by atoms with van der Waals surface area (Å²) in [5.41, 5.74) is 4.80. The predicted octanol–water partition coefficient (Wildman–Crippen LogP) is 7.47.